The minimum atomic E-state index is -0.895. The fraction of sp³-hybridized carbons (Fsp3) is 0.346. The molecule has 3 N–H and O–H groups in total. The van der Waals surface area contributed by atoms with E-state index < -0.39 is 5.97 Å². The number of rotatable bonds is 12. The first-order valence-electron chi connectivity index (χ1n) is 11.6. The molecule has 3 aromatic rings. The Morgan fingerprint density at radius 1 is 1.00 bits per heavy atom. The van der Waals surface area contributed by atoms with Crippen molar-refractivity contribution >= 4 is 40.8 Å². The van der Waals surface area contributed by atoms with Crippen LogP contribution in [0.3, 0.4) is 0 Å². The topological polar surface area (TPSA) is 95.2 Å². The van der Waals surface area contributed by atoms with Gasteiger partial charge in [-0.05, 0) is 54.2 Å². The molecule has 0 radical (unpaired) electrons. The summed E-state index contributed by atoms with van der Waals surface area (Å²) in [6.45, 7) is 1.71. The van der Waals surface area contributed by atoms with E-state index in [9.17, 15) is 20.1 Å². The van der Waals surface area contributed by atoms with Crippen LogP contribution in [0.2, 0.25) is 15.1 Å². The fourth-order valence-corrected chi connectivity index (χ4v) is 4.76. The second-order valence-corrected chi connectivity index (χ2v) is 10.2. The van der Waals surface area contributed by atoms with E-state index in [2.05, 4.69) is 4.90 Å². The van der Waals surface area contributed by atoms with Crippen molar-refractivity contribution in [3.63, 3.8) is 0 Å². The van der Waals surface area contributed by atoms with Crippen LogP contribution in [0.15, 0.2) is 48.5 Å². The molecule has 1 atom stereocenters. The Bertz CT molecular complexity index is 1210. The lowest BCUT2D eigenvalue weighted by Gasteiger charge is -2.32. The van der Waals surface area contributed by atoms with E-state index in [4.69, 9.17) is 39.5 Å². The summed E-state index contributed by atoms with van der Waals surface area (Å²) in [5, 5.41) is 30.4. The Balaban J connectivity index is 1.49. The zero-order valence-corrected chi connectivity index (χ0v) is 21.7. The lowest BCUT2D eigenvalue weighted by Crippen LogP contribution is -2.32. The Hall–Kier alpha value is -2.58. The molecular weight excluding hydrogens is 527 g/mol. The molecule has 1 aliphatic carbocycles. The van der Waals surface area contributed by atoms with E-state index in [1.165, 1.54) is 16.7 Å². The summed E-state index contributed by atoms with van der Waals surface area (Å²) in [4.78, 5) is 13.9. The predicted octanol–water partition coefficient (Wildman–Crippen LogP) is 6.37. The summed E-state index contributed by atoms with van der Waals surface area (Å²) in [5.74, 6) is 0.0151. The van der Waals surface area contributed by atoms with Gasteiger partial charge in [-0.15, -0.1) is 0 Å². The van der Waals surface area contributed by atoms with Crippen molar-refractivity contribution in [3.05, 3.63) is 74.7 Å². The van der Waals surface area contributed by atoms with Gasteiger partial charge in [0.15, 0.2) is 11.8 Å². The van der Waals surface area contributed by atoms with E-state index in [1.54, 1.807) is 18.2 Å². The molecular formula is C26H27Cl3N2O5. The predicted molar refractivity (Wildman–Crippen MR) is 139 cm³/mol. The lowest BCUT2D eigenvalue weighted by atomic mass is 10.0. The van der Waals surface area contributed by atoms with Gasteiger partial charge in [0, 0.05) is 31.3 Å². The van der Waals surface area contributed by atoms with Crippen molar-refractivity contribution in [2.75, 3.05) is 13.2 Å². The van der Waals surface area contributed by atoms with Gasteiger partial charge in [0.1, 0.15) is 12.4 Å². The number of carbonyl (C=O) groups is 1. The number of hydrogen-bond donors (Lipinski definition) is 3. The van der Waals surface area contributed by atoms with Crippen LogP contribution in [-0.2, 0) is 17.9 Å². The lowest BCUT2D eigenvalue weighted by molar-refractivity contribution is -0.138. The molecule has 7 nitrogen and oxygen atoms in total. The van der Waals surface area contributed by atoms with Gasteiger partial charge in [-0.1, -0.05) is 46.9 Å². The second kappa shape index (κ2) is 11.6. The van der Waals surface area contributed by atoms with Crippen molar-refractivity contribution in [2.45, 2.75) is 38.4 Å². The maximum absolute atomic E-state index is 11.8. The molecule has 0 bridgehead atoms. The van der Waals surface area contributed by atoms with Gasteiger partial charge in [0.2, 0.25) is 0 Å². The van der Waals surface area contributed by atoms with Crippen LogP contribution in [0.25, 0.3) is 0 Å². The van der Waals surface area contributed by atoms with Crippen molar-refractivity contribution in [1.29, 1.82) is 0 Å². The Kier molecular flexibility index (Phi) is 8.57. The highest BCUT2D eigenvalue weighted by atomic mass is 35.5. The molecule has 2 aromatic carbocycles. The minimum Gasteiger partial charge on any atom is -0.494 e. The fourth-order valence-electron chi connectivity index (χ4n) is 4.19. The first-order valence-corrected chi connectivity index (χ1v) is 12.7. The molecule has 0 saturated heterocycles. The van der Waals surface area contributed by atoms with Crippen molar-refractivity contribution in [3.8, 4) is 17.5 Å². The number of ether oxygens (including phenoxy) is 1. The van der Waals surface area contributed by atoms with Crippen molar-refractivity contribution in [1.82, 2.24) is 9.47 Å². The second-order valence-electron chi connectivity index (χ2n) is 8.97. The van der Waals surface area contributed by atoms with E-state index in [0.29, 0.717) is 33.3 Å². The highest BCUT2D eigenvalue weighted by Crippen LogP contribution is 2.37. The van der Waals surface area contributed by atoms with Gasteiger partial charge in [-0.3, -0.25) is 14.3 Å². The summed E-state index contributed by atoms with van der Waals surface area (Å²) in [6, 6.07) is 13.2. The van der Waals surface area contributed by atoms with Gasteiger partial charge in [-0.2, -0.15) is 0 Å². The number of benzene rings is 2. The van der Waals surface area contributed by atoms with E-state index in [-0.39, 0.29) is 37.4 Å². The highest BCUT2D eigenvalue weighted by molar-refractivity contribution is 6.42. The molecule has 1 saturated carbocycles. The smallest absolute Gasteiger partial charge is 0.305 e. The average molecular weight is 554 g/mol. The minimum absolute atomic E-state index is 0.0498. The third kappa shape index (κ3) is 6.79. The van der Waals surface area contributed by atoms with E-state index in [1.807, 2.05) is 18.2 Å². The standard InChI is InChI=1S/C26H27Cl3N2O5/c27-19-5-4-18(12-20(19)28)22(13-26(34)35)30(14-16-1-2-16)15-17-3-6-23(21(29)11-17)36-10-9-31-24(32)7-8-25(31)33/h3-8,11-12,16,22,32-33H,1-2,9-10,13-15H2,(H,34,35). The molecule has 1 aromatic heterocycles. The Morgan fingerprint density at radius 3 is 2.33 bits per heavy atom. The molecule has 1 fully saturated rings. The van der Waals surface area contributed by atoms with E-state index in [0.717, 1.165) is 30.5 Å². The average Bonchev–Trinajstić information content (AvgIpc) is 3.59. The summed E-state index contributed by atoms with van der Waals surface area (Å²) >= 11 is 18.8. The number of carboxylic acid groups (broad SMARTS) is 1. The Labute approximate surface area is 224 Å². The van der Waals surface area contributed by atoms with Crippen molar-refractivity contribution < 1.29 is 24.9 Å². The first-order chi connectivity index (χ1) is 17.2. The molecule has 1 heterocycles. The SMILES string of the molecule is O=C(O)CC(c1ccc(Cl)c(Cl)c1)N(Cc1ccc(OCCn2c(O)ccc2O)c(Cl)c1)CC1CC1. The first kappa shape index (κ1) is 26.5. The van der Waals surface area contributed by atoms with Crippen LogP contribution >= 0.6 is 34.8 Å². The Morgan fingerprint density at radius 2 is 1.72 bits per heavy atom. The number of aromatic nitrogens is 1. The van der Waals surface area contributed by atoms with Crippen LogP contribution in [-0.4, -0.2) is 43.9 Å². The molecule has 0 spiro atoms. The maximum atomic E-state index is 11.8. The highest BCUT2D eigenvalue weighted by Gasteiger charge is 2.30. The molecule has 1 aliphatic rings. The summed E-state index contributed by atoms with van der Waals surface area (Å²) in [5.41, 5.74) is 1.72. The van der Waals surface area contributed by atoms with Gasteiger partial charge in [-0.25, -0.2) is 0 Å². The number of nitrogens with zero attached hydrogens (tertiary/aromatic N) is 2. The van der Waals surface area contributed by atoms with Crippen LogP contribution < -0.4 is 4.74 Å². The molecule has 1 unspecified atom stereocenters. The van der Waals surface area contributed by atoms with Gasteiger partial charge in [0.25, 0.3) is 0 Å². The van der Waals surface area contributed by atoms with Crippen LogP contribution in [0.5, 0.6) is 17.5 Å². The number of hydrogen-bond acceptors (Lipinski definition) is 5. The van der Waals surface area contributed by atoms with E-state index >= 15 is 0 Å². The molecule has 0 amide bonds. The maximum Gasteiger partial charge on any atom is 0.305 e. The summed E-state index contributed by atoms with van der Waals surface area (Å²) in [7, 11) is 0. The third-order valence-corrected chi connectivity index (χ3v) is 7.25. The van der Waals surface area contributed by atoms with Crippen LogP contribution in [0.1, 0.15) is 36.4 Å². The number of aromatic hydroxyl groups is 2. The zero-order chi connectivity index (χ0) is 25.8. The number of aliphatic carboxylic acids is 1. The van der Waals surface area contributed by atoms with Gasteiger partial charge < -0.3 is 20.1 Å². The molecule has 0 aliphatic heterocycles. The zero-order valence-electron chi connectivity index (χ0n) is 19.4. The number of carboxylic acids is 1. The largest absolute Gasteiger partial charge is 0.494 e. The molecule has 10 heteroatoms. The van der Waals surface area contributed by atoms with Crippen LogP contribution in [0, 0.1) is 5.92 Å². The van der Waals surface area contributed by atoms with Gasteiger partial charge in [0.05, 0.1) is 28.0 Å². The molecule has 4 rings (SSSR count). The van der Waals surface area contributed by atoms with Gasteiger partial charge >= 0.3 is 5.97 Å². The summed E-state index contributed by atoms with van der Waals surface area (Å²) in [6.07, 6.45) is 2.17. The normalized spacial score (nSPS) is 14.2. The molecule has 192 valence electrons. The third-order valence-electron chi connectivity index (χ3n) is 6.22. The van der Waals surface area contributed by atoms with Crippen molar-refractivity contribution in [2.24, 2.45) is 5.92 Å². The van der Waals surface area contributed by atoms with Crippen LogP contribution in [0.4, 0.5) is 0 Å². The quantitative estimate of drug-likeness (QED) is 0.241. The summed E-state index contributed by atoms with van der Waals surface area (Å²) < 4.78 is 7.08. The number of halogens is 3. The molecule has 36 heavy (non-hydrogen) atoms. The monoisotopic (exact) mass is 552 g/mol.